The average molecular weight is 686 g/mol. The zero-order valence-electron chi connectivity index (χ0n) is 27.5. The largest absolute Gasteiger partial charge is 0.447 e. The first-order valence-electron chi connectivity index (χ1n) is 15.7. The predicted octanol–water partition coefficient (Wildman–Crippen LogP) is 6.12. The van der Waals surface area contributed by atoms with E-state index in [0.29, 0.717) is 31.9 Å². The van der Waals surface area contributed by atoms with Gasteiger partial charge < -0.3 is 28.7 Å². The van der Waals surface area contributed by atoms with Crippen LogP contribution in [-0.2, 0) is 25.5 Å². The fourth-order valence-corrected chi connectivity index (χ4v) is 5.05. The van der Waals surface area contributed by atoms with E-state index < -0.39 is 41.4 Å². The van der Waals surface area contributed by atoms with Gasteiger partial charge in [-0.05, 0) is 45.2 Å². The molecule has 0 radical (unpaired) electrons. The number of carbonyl (C=O) groups is 4. The molecule has 2 aromatic carbocycles. The summed E-state index contributed by atoms with van der Waals surface area (Å²) < 4.78 is 43.9. The molecule has 0 saturated carbocycles. The van der Waals surface area contributed by atoms with Gasteiger partial charge in [0.25, 0.3) is 0 Å². The Morgan fingerprint density at radius 2 is 1.65 bits per heavy atom. The predicted molar refractivity (Wildman–Crippen MR) is 178 cm³/mol. The van der Waals surface area contributed by atoms with Gasteiger partial charge in [-0.3, -0.25) is 14.9 Å². The standard InChI is InChI=1S/C34H41F2N5O7.CH4/c1-34(2,3)47-33(45)41-19-17-40(18-20-41)30(43)16-14-25(39(4)29(42)15-13-24-11-8-12-26(35)31(24)36)22-46-32(44)37-28-21-27(38-48-28)23-9-6-5-7-10-23;/h5-12,21,25H,13-20,22H2,1-4H3,(H,37,44);1H4/t25-;/m0./s1. The lowest BCUT2D eigenvalue weighted by molar-refractivity contribution is -0.136. The second kappa shape index (κ2) is 17.4. The molecule has 1 fully saturated rings. The van der Waals surface area contributed by atoms with Gasteiger partial charge in [0.2, 0.25) is 17.7 Å². The summed E-state index contributed by atoms with van der Waals surface area (Å²) in [7, 11) is 1.50. The van der Waals surface area contributed by atoms with Crippen LogP contribution in [0.1, 0.15) is 53.0 Å². The number of nitrogens with zero attached hydrogens (tertiary/aromatic N) is 4. The molecular weight excluding hydrogens is 640 g/mol. The fourth-order valence-electron chi connectivity index (χ4n) is 5.05. The summed E-state index contributed by atoms with van der Waals surface area (Å²) in [6, 6.07) is 13.8. The Balaban J connectivity index is 0.00000650. The van der Waals surface area contributed by atoms with E-state index >= 15 is 0 Å². The highest BCUT2D eigenvalue weighted by Gasteiger charge is 2.29. The van der Waals surface area contributed by atoms with Crippen molar-refractivity contribution in [1.82, 2.24) is 19.9 Å². The maximum absolute atomic E-state index is 14.2. The summed E-state index contributed by atoms with van der Waals surface area (Å²) in [5, 5.41) is 6.42. The Hall–Kier alpha value is -5.01. The number of benzene rings is 2. The Labute approximate surface area is 285 Å². The SMILES string of the molecule is C.CN(C(=O)CCc1cccc(F)c1F)[C@@H](CCC(=O)N1CCN(C(=O)OC(C)(C)C)CC1)COC(=O)Nc1cc(-c2ccccc2)no1. The van der Waals surface area contributed by atoms with Gasteiger partial charge in [-0.15, -0.1) is 0 Å². The molecule has 4 amide bonds. The van der Waals surface area contributed by atoms with Crippen molar-refractivity contribution in [3.63, 3.8) is 0 Å². The Kier molecular flexibility index (Phi) is 13.7. The lowest BCUT2D eigenvalue weighted by Crippen LogP contribution is -2.51. The van der Waals surface area contributed by atoms with Gasteiger partial charge in [0.15, 0.2) is 11.6 Å². The van der Waals surface area contributed by atoms with Crippen molar-refractivity contribution < 1.29 is 42.0 Å². The minimum atomic E-state index is -1.01. The summed E-state index contributed by atoms with van der Waals surface area (Å²) in [6.07, 6.45) is -1.30. The maximum Gasteiger partial charge on any atom is 0.414 e. The number of anilines is 1. The number of piperazine rings is 1. The van der Waals surface area contributed by atoms with Gasteiger partial charge in [-0.2, -0.15) is 0 Å². The maximum atomic E-state index is 14.2. The first-order chi connectivity index (χ1) is 22.8. The van der Waals surface area contributed by atoms with Crippen molar-refractivity contribution in [3.05, 3.63) is 71.8 Å². The molecule has 266 valence electrons. The van der Waals surface area contributed by atoms with Crippen molar-refractivity contribution in [2.45, 2.75) is 65.5 Å². The van der Waals surface area contributed by atoms with Crippen LogP contribution in [0.2, 0.25) is 0 Å². The van der Waals surface area contributed by atoms with Gasteiger partial charge >= 0.3 is 12.2 Å². The molecule has 2 heterocycles. The van der Waals surface area contributed by atoms with Crippen LogP contribution in [0.4, 0.5) is 24.3 Å². The van der Waals surface area contributed by atoms with Gasteiger partial charge in [-0.25, -0.2) is 18.4 Å². The Morgan fingerprint density at radius 1 is 0.980 bits per heavy atom. The molecule has 49 heavy (non-hydrogen) atoms. The van der Waals surface area contributed by atoms with Crippen LogP contribution in [0, 0.1) is 11.6 Å². The third kappa shape index (κ3) is 11.3. The number of likely N-dealkylation sites (N-methyl/N-ethyl adjacent to an activating group) is 1. The fraction of sp³-hybridized carbons (Fsp3) is 0.457. The normalized spacial score (nSPS) is 13.6. The van der Waals surface area contributed by atoms with Crippen molar-refractivity contribution in [2.24, 2.45) is 0 Å². The van der Waals surface area contributed by atoms with Crippen LogP contribution in [0.3, 0.4) is 0 Å². The van der Waals surface area contributed by atoms with Crippen molar-refractivity contribution >= 4 is 29.9 Å². The number of ether oxygens (including phenoxy) is 2. The van der Waals surface area contributed by atoms with Crippen LogP contribution in [0.15, 0.2) is 59.1 Å². The lowest BCUT2D eigenvalue weighted by Gasteiger charge is -2.36. The van der Waals surface area contributed by atoms with E-state index in [9.17, 15) is 28.0 Å². The Morgan fingerprint density at radius 3 is 2.33 bits per heavy atom. The number of halogens is 2. The molecule has 1 aromatic heterocycles. The van der Waals surface area contributed by atoms with E-state index in [4.69, 9.17) is 14.0 Å². The van der Waals surface area contributed by atoms with E-state index in [1.807, 2.05) is 30.3 Å². The molecule has 1 saturated heterocycles. The molecule has 0 spiro atoms. The van der Waals surface area contributed by atoms with Gasteiger partial charge in [0.1, 0.15) is 17.9 Å². The van der Waals surface area contributed by atoms with Crippen LogP contribution in [0.5, 0.6) is 0 Å². The molecule has 1 N–H and O–H groups in total. The second-order valence-corrected chi connectivity index (χ2v) is 12.4. The molecule has 1 aliphatic heterocycles. The van der Waals surface area contributed by atoms with Crippen molar-refractivity contribution in [3.8, 4) is 11.3 Å². The van der Waals surface area contributed by atoms with Gasteiger partial charge in [0, 0.05) is 57.7 Å². The molecule has 1 aliphatic rings. The molecule has 4 rings (SSSR count). The van der Waals surface area contributed by atoms with Crippen LogP contribution in [-0.4, -0.2) is 95.3 Å². The first-order valence-corrected chi connectivity index (χ1v) is 15.7. The Bertz CT molecular complexity index is 1570. The summed E-state index contributed by atoms with van der Waals surface area (Å²) in [5.41, 5.74) is 0.727. The van der Waals surface area contributed by atoms with Crippen molar-refractivity contribution in [1.29, 1.82) is 0 Å². The average Bonchev–Trinajstić information content (AvgIpc) is 3.53. The van der Waals surface area contributed by atoms with Crippen LogP contribution >= 0.6 is 0 Å². The third-order valence-electron chi connectivity index (χ3n) is 7.77. The van der Waals surface area contributed by atoms with E-state index in [0.717, 1.165) is 11.6 Å². The zero-order valence-corrected chi connectivity index (χ0v) is 27.5. The number of aryl methyl sites for hydroxylation is 1. The van der Waals surface area contributed by atoms with Crippen molar-refractivity contribution in [2.75, 3.05) is 45.2 Å². The summed E-state index contributed by atoms with van der Waals surface area (Å²) in [4.78, 5) is 55.9. The monoisotopic (exact) mass is 685 g/mol. The number of amides is 4. The quantitative estimate of drug-likeness (QED) is 0.255. The van der Waals surface area contributed by atoms with E-state index in [1.54, 1.807) is 30.6 Å². The van der Waals surface area contributed by atoms with E-state index in [1.165, 1.54) is 30.1 Å². The molecule has 0 aliphatic carbocycles. The van der Waals surface area contributed by atoms with Gasteiger partial charge in [0.05, 0.1) is 6.04 Å². The number of rotatable bonds is 11. The number of aromatic nitrogens is 1. The molecule has 0 unspecified atom stereocenters. The summed E-state index contributed by atoms with van der Waals surface area (Å²) in [6.45, 7) is 6.35. The molecule has 1 atom stereocenters. The number of hydrogen-bond acceptors (Lipinski definition) is 8. The second-order valence-electron chi connectivity index (χ2n) is 12.4. The molecule has 14 heteroatoms. The van der Waals surface area contributed by atoms with Crippen LogP contribution < -0.4 is 5.32 Å². The smallest absolute Gasteiger partial charge is 0.414 e. The molecule has 0 bridgehead atoms. The zero-order chi connectivity index (χ0) is 34.8. The van der Waals surface area contributed by atoms with Crippen LogP contribution in [0.25, 0.3) is 11.3 Å². The summed E-state index contributed by atoms with van der Waals surface area (Å²) >= 11 is 0. The molecule has 12 nitrogen and oxygen atoms in total. The highest BCUT2D eigenvalue weighted by molar-refractivity contribution is 5.84. The van der Waals surface area contributed by atoms with E-state index in [2.05, 4.69) is 10.5 Å². The number of carbonyl (C=O) groups excluding carboxylic acids is 4. The lowest BCUT2D eigenvalue weighted by atomic mass is 10.1. The minimum Gasteiger partial charge on any atom is -0.447 e. The summed E-state index contributed by atoms with van der Waals surface area (Å²) in [5.74, 6) is -2.55. The minimum absolute atomic E-state index is 0. The van der Waals surface area contributed by atoms with Gasteiger partial charge in [-0.1, -0.05) is 55.0 Å². The number of hydrogen-bond donors (Lipinski definition) is 1. The number of nitrogens with one attached hydrogen (secondary N) is 1. The highest BCUT2D eigenvalue weighted by Crippen LogP contribution is 2.22. The van der Waals surface area contributed by atoms with E-state index in [-0.39, 0.29) is 57.1 Å². The molecular formula is C35H45F2N5O7. The molecule has 3 aromatic rings. The highest BCUT2D eigenvalue weighted by atomic mass is 19.2. The topological polar surface area (TPSA) is 135 Å². The third-order valence-corrected chi connectivity index (χ3v) is 7.77. The first kappa shape index (κ1) is 38.4.